The maximum Gasteiger partial charge on any atom is 0.401 e. The predicted octanol–water partition coefficient (Wildman–Crippen LogP) is 2.49. The molecule has 0 aliphatic heterocycles. The van der Waals surface area contributed by atoms with E-state index in [1.54, 1.807) is 13.8 Å². The molecule has 0 aliphatic carbocycles. The van der Waals surface area contributed by atoms with Crippen molar-refractivity contribution in [3.05, 3.63) is 0 Å². The van der Waals surface area contributed by atoms with E-state index in [0.717, 1.165) is 6.42 Å². The number of alkyl halides is 3. The van der Waals surface area contributed by atoms with E-state index < -0.39 is 24.2 Å². The summed E-state index contributed by atoms with van der Waals surface area (Å²) in [6, 6.07) is 0. The van der Waals surface area contributed by atoms with Crippen LogP contribution >= 0.6 is 0 Å². The highest BCUT2D eigenvalue weighted by molar-refractivity contribution is 5.78. The standard InChI is InChI=1S/C13H25F3N2O2/c1-4-8-17-12(3,11(19)20)7-6-9-18(5-2)10-13(14,15)16/h17H,4-10H2,1-3H3,(H,19,20). The topological polar surface area (TPSA) is 52.6 Å². The molecule has 0 saturated carbocycles. The van der Waals surface area contributed by atoms with Crippen LogP contribution in [0, 0.1) is 0 Å². The summed E-state index contributed by atoms with van der Waals surface area (Å²) in [5.41, 5.74) is -1.08. The third-order valence-corrected chi connectivity index (χ3v) is 3.24. The van der Waals surface area contributed by atoms with Crippen LogP contribution in [-0.2, 0) is 4.79 Å². The monoisotopic (exact) mass is 298 g/mol. The second-order valence-electron chi connectivity index (χ2n) is 5.15. The number of carbonyl (C=O) groups is 1. The minimum atomic E-state index is -4.22. The lowest BCUT2D eigenvalue weighted by Gasteiger charge is -2.28. The van der Waals surface area contributed by atoms with Gasteiger partial charge in [0.25, 0.3) is 0 Å². The molecule has 0 amide bonds. The van der Waals surface area contributed by atoms with Gasteiger partial charge in [-0.2, -0.15) is 13.2 Å². The first-order valence-electron chi connectivity index (χ1n) is 6.92. The van der Waals surface area contributed by atoms with Crippen LogP contribution in [0.2, 0.25) is 0 Å². The Balaban J connectivity index is 4.31. The van der Waals surface area contributed by atoms with E-state index in [2.05, 4.69) is 5.32 Å². The van der Waals surface area contributed by atoms with Crippen molar-refractivity contribution in [3.63, 3.8) is 0 Å². The molecule has 1 unspecified atom stereocenters. The number of aliphatic carboxylic acids is 1. The van der Waals surface area contributed by atoms with Crippen LogP contribution < -0.4 is 5.32 Å². The first-order chi connectivity index (χ1) is 9.14. The number of carboxylic acids is 1. The molecule has 7 heteroatoms. The summed E-state index contributed by atoms with van der Waals surface area (Å²) < 4.78 is 36.9. The molecule has 0 aromatic carbocycles. The van der Waals surface area contributed by atoms with E-state index in [1.165, 1.54) is 4.90 Å². The largest absolute Gasteiger partial charge is 0.480 e. The lowest BCUT2D eigenvalue weighted by molar-refractivity contribution is -0.147. The fourth-order valence-corrected chi connectivity index (χ4v) is 1.93. The van der Waals surface area contributed by atoms with Crippen LogP contribution in [0.3, 0.4) is 0 Å². The maximum absolute atomic E-state index is 12.3. The van der Waals surface area contributed by atoms with Gasteiger partial charge in [0.1, 0.15) is 5.54 Å². The highest BCUT2D eigenvalue weighted by atomic mass is 19.4. The highest BCUT2D eigenvalue weighted by Crippen LogP contribution is 2.18. The molecule has 0 spiro atoms. The second-order valence-corrected chi connectivity index (χ2v) is 5.15. The summed E-state index contributed by atoms with van der Waals surface area (Å²) in [5, 5.41) is 12.2. The SMILES string of the molecule is CCCNC(C)(CCCN(CC)CC(F)(F)F)C(=O)O. The van der Waals surface area contributed by atoms with Gasteiger partial charge in [0.15, 0.2) is 0 Å². The molecule has 20 heavy (non-hydrogen) atoms. The molecule has 1 atom stereocenters. The predicted molar refractivity (Wildman–Crippen MR) is 71.7 cm³/mol. The molecule has 0 aromatic heterocycles. The molecule has 0 radical (unpaired) electrons. The number of carboxylic acid groups (broad SMARTS) is 1. The van der Waals surface area contributed by atoms with Crippen molar-refractivity contribution in [2.75, 3.05) is 26.2 Å². The Hall–Kier alpha value is -0.820. The quantitative estimate of drug-likeness (QED) is 0.650. The van der Waals surface area contributed by atoms with Crippen LogP contribution in [0.1, 0.15) is 40.0 Å². The Bertz CT molecular complexity index is 298. The number of nitrogens with one attached hydrogen (secondary N) is 1. The van der Waals surface area contributed by atoms with Crippen molar-refractivity contribution >= 4 is 5.97 Å². The molecule has 0 bridgehead atoms. The molecule has 120 valence electrons. The van der Waals surface area contributed by atoms with Gasteiger partial charge in [-0.15, -0.1) is 0 Å². The van der Waals surface area contributed by atoms with Crippen molar-refractivity contribution in [2.45, 2.75) is 51.7 Å². The molecule has 0 saturated heterocycles. The molecule has 4 nitrogen and oxygen atoms in total. The van der Waals surface area contributed by atoms with E-state index in [1.807, 2.05) is 6.92 Å². The Kier molecular flexibility index (Phi) is 8.12. The second kappa shape index (κ2) is 8.46. The van der Waals surface area contributed by atoms with Gasteiger partial charge in [0, 0.05) is 0 Å². The summed E-state index contributed by atoms with van der Waals surface area (Å²) in [4.78, 5) is 12.5. The third-order valence-electron chi connectivity index (χ3n) is 3.24. The van der Waals surface area contributed by atoms with Crippen LogP contribution in [0.15, 0.2) is 0 Å². The zero-order chi connectivity index (χ0) is 15.8. The van der Waals surface area contributed by atoms with Gasteiger partial charge in [0.2, 0.25) is 0 Å². The normalized spacial score (nSPS) is 15.3. The van der Waals surface area contributed by atoms with Gasteiger partial charge < -0.3 is 10.4 Å². The summed E-state index contributed by atoms with van der Waals surface area (Å²) in [5.74, 6) is -0.968. The zero-order valence-electron chi connectivity index (χ0n) is 12.4. The number of rotatable bonds is 10. The van der Waals surface area contributed by atoms with Crippen molar-refractivity contribution in [3.8, 4) is 0 Å². The number of hydrogen-bond donors (Lipinski definition) is 2. The summed E-state index contributed by atoms with van der Waals surface area (Å²) in [7, 11) is 0. The Morgan fingerprint density at radius 2 is 1.90 bits per heavy atom. The van der Waals surface area contributed by atoms with Gasteiger partial charge in [-0.3, -0.25) is 9.69 Å². The fraction of sp³-hybridized carbons (Fsp3) is 0.923. The van der Waals surface area contributed by atoms with Gasteiger partial charge in [-0.25, -0.2) is 0 Å². The highest BCUT2D eigenvalue weighted by Gasteiger charge is 2.33. The van der Waals surface area contributed by atoms with E-state index in [4.69, 9.17) is 0 Å². The zero-order valence-corrected chi connectivity index (χ0v) is 12.4. The van der Waals surface area contributed by atoms with Crippen LogP contribution in [0.25, 0.3) is 0 Å². The summed E-state index contributed by atoms with van der Waals surface area (Å²) >= 11 is 0. The lowest BCUT2D eigenvalue weighted by Crippen LogP contribution is -2.50. The minimum Gasteiger partial charge on any atom is -0.480 e. The molecule has 0 aromatic rings. The number of halogens is 3. The molecule has 0 aliphatic rings. The average Bonchev–Trinajstić information content (AvgIpc) is 2.33. The first kappa shape index (κ1) is 19.2. The number of nitrogens with zero attached hydrogens (tertiary/aromatic N) is 1. The van der Waals surface area contributed by atoms with E-state index in [-0.39, 0.29) is 6.54 Å². The molecule has 2 N–H and O–H groups in total. The van der Waals surface area contributed by atoms with E-state index >= 15 is 0 Å². The fourth-order valence-electron chi connectivity index (χ4n) is 1.93. The molecule has 0 fully saturated rings. The Labute approximate surface area is 118 Å². The van der Waals surface area contributed by atoms with E-state index in [9.17, 15) is 23.1 Å². The van der Waals surface area contributed by atoms with Crippen molar-refractivity contribution in [1.29, 1.82) is 0 Å². The molecular weight excluding hydrogens is 273 g/mol. The van der Waals surface area contributed by atoms with Crippen molar-refractivity contribution in [2.24, 2.45) is 0 Å². The minimum absolute atomic E-state index is 0.243. The van der Waals surface area contributed by atoms with Crippen LogP contribution in [-0.4, -0.2) is 53.9 Å². The van der Waals surface area contributed by atoms with E-state index in [0.29, 0.717) is 25.9 Å². The van der Waals surface area contributed by atoms with Gasteiger partial charge >= 0.3 is 12.1 Å². The smallest absolute Gasteiger partial charge is 0.401 e. The van der Waals surface area contributed by atoms with Crippen molar-refractivity contribution < 1.29 is 23.1 Å². The van der Waals surface area contributed by atoms with Crippen molar-refractivity contribution in [1.82, 2.24) is 10.2 Å². The maximum atomic E-state index is 12.3. The van der Waals surface area contributed by atoms with Gasteiger partial charge in [-0.1, -0.05) is 13.8 Å². The van der Waals surface area contributed by atoms with Gasteiger partial charge in [-0.05, 0) is 45.8 Å². The first-order valence-corrected chi connectivity index (χ1v) is 6.92. The molecular formula is C13H25F3N2O2. The Morgan fingerprint density at radius 1 is 1.30 bits per heavy atom. The van der Waals surface area contributed by atoms with Crippen LogP contribution in [0.5, 0.6) is 0 Å². The number of hydrogen-bond acceptors (Lipinski definition) is 3. The summed E-state index contributed by atoms with van der Waals surface area (Å²) in [6.07, 6.45) is -2.70. The van der Waals surface area contributed by atoms with Gasteiger partial charge in [0.05, 0.1) is 6.54 Å². The average molecular weight is 298 g/mol. The molecule has 0 rings (SSSR count). The third kappa shape index (κ3) is 7.69. The summed E-state index contributed by atoms with van der Waals surface area (Å²) in [6.45, 7) is 5.33. The van der Waals surface area contributed by atoms with Crippen LogP contribution in [0.4, 0.5) is 13.2 Å². The Morgan fingerprint density at radius 3 is 2.30 bits per heavy atom. The lowest BCUT2D eigenvalue weighted by atomic mass is 9.95. The molecule has 0 heterocycles.